The third-order valence-electron chi connectivity index (χ3n) is 5.20. The molecule has 148 valence electrons. The fourth-order valence-electron chi connectivity index (χ4n) is 3.72. The van der Waals surface area contributed by atoms with Gasteiger partial charge in [-0.15, -0.1) is 0 Å². The van der Waals surface area contributed by atoms with Gasteiger partial charge in [0.25, 0.3) is 0 Å². The summed E-state index contributed by atoms with van der Waals surface area (Å²) in [6.45, 7) is 1.76. The van der Waals surface area contributed by atoms with Gasteiger partial charge < -0.3 is 19.5 Å². The Morgan fingerprint density at radius 2 is 1.93 bits per heavy atom. The first kappa shape index (κ1) is 18.6. The summed E-state index contributed by atoms with van der Waals surface area (Å²) in [4.78, 5) is 16.8. The van der Waals surface area contributed by atoms with Crippen molar-refractivity contribution < 1.29 is 19.0 Å². The molecule has 1 aromatic heterocycles. The molecule has 2 aromatic rings. The van der Waals surface area contributed by atoms with E-state index >= 15 is 0 Å². The number of rotatable bonds is 6. The van der Waals surface area contributed by atoms with Crippen LogP contribution in [0.4, 0.5) is 5.82 Å². The number of hydrogen-bond donors (Lipinski definition) is 1. The molecule has 1 fully saturated rings. The molecular formula is C22H26N2O4. The zero-order valence-electron chi connectivity index (χ0n) is 16.0. The largest absolute Gasteiger partial charge is 0.489 e. The lowest BCUT2D eigenvalue weighted by molar-refractivity contribution is -0.115. The van der Waals surface area contributed by atoms with E-state index in [1.165, 1.54) is 32.1 Å². The van der Waals surface area contributed by atoms with Crippen LogP contribution in [-0.2, 0) is 11.2 Å². The molecule has 2 aliphatic rings. The van der Waals surface area contributed by atoms with Crippen molar-refractivity contribution in [2.24, 2.45) is 5.92 Å². The smallest absolute Gasteiger partial charge is 0.230 e. The highest BCUT2D eigenvalue weighted by molar-refractivity contribution is 5.92. The molecule has 1 aliphatic heterocycles. The van der Waals surface area contributed by atoms with Gasteiger partial charge in [-0.25, -0.2) is 4.98 Å². The van der Waals surface area contributed by atoms with E-state index in [-0.39, 0.29) is 12.3 Å². The van der Waals surface area contributed by atoms with Crippen molar-refractivity contribution in [1.29, 1.82) is 0 Å². The van der Waals surface area contributed by atoms with Gasteiger partial charge in [0.2, 0.25) is 5.91 Å². The molecule has 1 amide bonds. The predicted octanol–water partition coefficient (Wildman–Crippen LogP) is 3.99. The van der Waals surface area contributed by atoms with Crippen LogP contribution in [-0.4, -0.2) is 30.7 Å². The molecule has 0 saturated heterocycles. The van der Waals surface area contributed by atoms with Crippen LogP contribution in [0.15, 0.2) is 36.5 Å². The first-order valence-electron chi connectivity index (χ1n) is 10.0. The van der Waals surface area contributed by atoms with Gasteiger partial charge in [-0.3, -0.25) is 4.79 Å². The van der Waals surface area contributed by atoms with Gasteiger partial charge in [-0.1, -0.05) is 25.3 Å². The minimum atomic E-state index is -0.141. The van der Waals surface area contributed by atoms with Crippen molar-refractivity contribution in [2.45, 2.75) is 38.5 Å². The summed E-state index contributed by atoms with van der Waals surface area (Å²) in [7, 11) is 0. The number of pyridine rings is 1. The highest BCUT2D eigenvalue weighted by Crippen LogP contribution is 2.31. The van der Waals surface area contributed by atoms with Gasteiger partial charge in [-0.05, 0) is 48.6 Å². The number of amides is 1. The molecule has 1 aromatic carbocycles. The Morgan fingerprint density at radius 3 is 2.79 bits per heavy atom. The Morgan fingerprint density at radius 1 is 1.11 bits per heavy atom. The average Bonchev–Trinajstić information content (AvgIpc) is 2.74. The van der Waals surface area contributed by atoms with E-state index in [9.17, 15) is 4.79 Å². The zero-order chi connectivity index (χ0) is 19.2. The molecule has 4 rings (SSSR count). The van der Waals surface area contributed by atoms with Crippen molar-refractivity contribution in [2.75, 3.05) is 25.1 Å². The number of hydrogen-bond acceptors (Lipinski definition) is 5. The second kappa shape index (κ2) is 8.95. The van der Waals surface area contributed by atoms with Gasteiger partial charge in [0.05, 0.1) is 13.0 Å². The van der Waals surface area contributed by atoms with Gasteiger partial charge in [-0.2, -0.15) is 0 Å². The summed E-state index contributed by atoms with van der Waals surface area (Å²) in [5.41, 5.74) is 0.863. The van der Waals surface area contributed by atoms with Crippen LogP contribution < -0.4 is 19.5 Å². The molecule has 0 radical (unpaired) electrons. The Bertz CT molecular complexity index is 818. The molecule has 28 heavy (non-hydrogen) atoms. The summed E-state index contributed by atoms with van der Waals surface area (Å²) in [6.07, 6.45) is 8.20. The quantitative estimate of drug-likeness (QED) is 0.818. The Balaban J connectivity index is 1.36. The highest BCUT2D eigenvalue weighted by atomic mass is 16.6. The Hall–Kier alpha value is -2.76. The van der Waals surface area contributed by atoms with Gasteiger partial charge in [0.15, 0.2) is 23.1 Å². The number of nitrogens with zero attached hydrogens (tertiary/aromatic N) is 1. The fraction of sp³-hybridized carbons (Fsp3) is 0.455. The topological polar surface area (TPSA) is 69.7 Å². The van der Waals surface area contributed by atoms with Crippen LogP contribution in [0, 0.1) is 5.92 Å². The Kier molecular flexibility index (Phi) is 5.95. The minimum absolute atomic E-state index is 0.141. The summed E-state index contributed by atoms with van der Waals surface area (Å²) in [5, 5.41) is 2.88. The lowest BCUT2D eigenvalue weighted by atomic mass is 9.90. The fourth-order valence-corrected chi connectivity index (χ4v) is 3.72. The number of aromatic nitrogens is 1. The molecule has 0 atom stereocenters. The van der Waals surface area contributed by atoms with E-state index in [1.807, 2.05) is 30.3 Å². The van der Waals surface area contributed by atoms with Crippen LogP contribution in [0.25, 0.3) is 0 Å². The third-order valence-corrected chi connectivity index (χ3v) is 5.20. The van der Waals surface area contributed by atoms with Crippen LogP contribution in [0.5, 0.6) is 17.2 Å². The molecular weight excluding hydrogens is 356 g/mol. The maximum absolute atomic E-state index is 12.5. The van der Waals surface area contributed by atoms with Crippen LogP contribution in [0.1, 0.15) is 37.7 Å². The number of benzene rings is 1. The molecule has 1 aliphatic carbocycles. The first-order chi connectivity index (χ1) is 13.8. The van der Waals surface area contributed by atoms with E-state index < -0.39 is 0 Å². The van der Waals surface area contributed by atoms with Crippen molar-refractivity contribution in [3.05, 3.63) is 42.1 Å². The molecule has 6 nitrogen and oxygen atoms in total. The average molecular weight is 382 g/mol. The monoisotopic (exact) mass is 382 g/mol. The van der Waals surface area contributed by atoms with Gasteiger partial charge in [0, 0.05) is 6.20 Å². The molecule has 6 heteroatoms. The lowest BCUT2D eigenvalue weighted by Gasteiger charge is -2.22. The molecule has 0 bridgehead atoms. The van der Waals surface area contributed by atoms with Gasteiger partial charge >= 0.3 is 0 Å². The summed E-state index contributed by atoms with van der Waals surface area (Å²) < 4.78 is 17.1. The number of nitrogens with one attached hydrogen (secondary N) is 1. The third kappa shape index (κ3) is 4.74. The van der Waals surface area contributed by atoms with E-state index in [0.717, 1.165) is 11.3 Å². The maximum Gasteiger partial charge on any atom is 0.230 e. The SMILES string of the molecule is O=C(Cc1ccc2c(c1)OCCO2)Nc1ncccc1OCC1CCCCC1. The van der Waals surface area contributed by atoms with E-state index in [2.05, 4.69) is 10.3 Å². The van der Waals surface area contributed by atoms with Crippen molar-refractivity contribution in [3.8, 4) is 17.2 Å². The number of carbonyl (C=O) groups excluding carboxylic acids is 1. The van der Waals surface area contributed by atoms with E-state index in [1.54, 1.807) is 6.20 Å². The summed E-state index contributed by atoms with van der Waals surface area (Å²) >= 11 is 0. The van der Waals surface area contributed by atoms with Crippen molar-refractivity contribution >= 4 is 11.7 Å². The zero-order valence-corrected chi connectivity index (χ0v) is 16.0. The standard InChI is InChI=1S/C22H26N2O4/c25-21(14-17-8-9-18-20(13-17)27-12-11-26-18)24-22-19(7-4-10-23-22)28-15-16-5-2-1-3-6-16/h4,7-10,13,16H,1-3,5-6,11-12,14-15H2,(H,23,24,25). The van der Waals surface area contributed by atoms with Crippen LogP contribution >= 0.6 is 0 Å². The van der Waals surface area contributed by atoms with Gasteiger partial charge in [0.1, 0.15) is 13.2 Å². The summed E-state index contributed by atoms with van der Waals surface area (Å²) in [5.74, 6) is 2.96. The second-order valence-electron chi connectivity index (χ2n) is 7.37. The number of ether oxygens (including phenoxy) is 3. The van der Waals surface area contributed by atoms with Crippen molar-refractivity contribution in [1.82, 2.24) is 4.98 Å². The molecule has 2 heterocycles. The van der Waals surface area contributed by atoms with Crippen LogP contribution in [0.3, 0.4) is 0 Å². The molecule has 1 N–H and O–H groups in total. The number of anilines is 1. The molecule has 0 spiro atoms. The second-order valence-corrected chi connectivity index (χ2v) is 7.37. The Labute approximate surface area is 165 Å². The number of carbonyl (C=O) groups is 1. The molecule has 1 saturated carbocycles. The predicted molar refractivity (Wildman–Crippen MR) is 106 cm³/mol. The van der Waals surface area contributed by atoms with E-state index in [4.69, 9.17) is 14.2 Å². The molecule has 0 unspecified atom stereocenters. The first-order valence-corrected chi connectivity index (χ1v) is 10.0. The number of fused-ring (bicyclic) bond motifs is 1. The normalized spacial score (nSPS) is 16.4. The lowest BCUT2D eigenvalue weighted by Crippen LogP contribution is -2.19. The minimum Gasteiger partial charge on any atom is -0.489 e. The maximum atomic E-state index is 12.5. The summed E-state index contributed by atoms with van der Waals surface area (Å²) in [6, 6.07) is 9.26. The van der Waals surface area contributed by atoms with E-state index in [0.29, 0.717) is 43.1 Å². The van der Waals surface area contributed by atoms with Crippen molar-refractivity contribution in [3.63, 3.8) is 0 Å². The van der Waals surface area contributed by atoms with Crippen LogP contribution in [0.2, 0.25) is 0 Å². The highest BCUT2D eigenvalue weighted by Gasteiger charge is 2.17.